The second-order valence-electron chi connectivity index (χ2n) is 11.7. The normalized spacial score (nSPS) is 21.5. The van der Waals surface area contributed by atoms with Gasteiger partial charge in [0.1, 0.15) is 11.5 Å². The summed E-state index contributed by atoms with van der Waals surface area (Å²) in [4.78, 5) is 27.5. The third-order valence-electron chi connectivity index (χ3n) is 8.45. The lowest BCUT2D eigenvalue weighted by Crippen LogP contribution is -2.50. The maximum absolute atomic E-state index is 13.3. The van der Waals surface area contributed by atoms with Gasteiger partial charge in [-0.1, -0.05) is 34.4 Å². The molecule has 3 amide bonds. The minimum atomic E-state index is -3.91. The lowest BCUT2D eigenvalue weighted by molar-refractivity contribution is -0.0158. The molecule has 6 rings (SSSR count). The summed E-state index contributed by atoms with van der Waals surface area (Å²) in [6.07, 6.45) is 5.24. The number of ether oxygens (including phenoxy) is 1. The Morgan fingerprint density at radius 2 is 1.66 bits per heavy atom. The molecule has 2 unspecified atom stereocenters. The Kier molecular flexibility index (Phi) is 8.64. The Labute approximate surface area is 266 Å². The third kappa shape index (κ3) is 6.32. The lowest BCUT2D eigenvalue weighted by Gasteiger charge is -2.38. The molecule has 1 saturated carbocycles. The van der Waals surface area contributed by atoms with Gasteiger partial charge in [0.25, 0.3) is 5.91 Å². The molecular weight excluding hydrogens is 629 g/mol. The zero-order valence-electron chi connectivity index (χ0n) is 24.3. The van der Waals surface area contributed by atoms with Gasteiger partial charge in [-0.3, -0.25) is 4.79 Å². The van der Waals surface area contributed by atoms with Crippen LogP contribution in [-0.4, -0.2) is 67.0 Å². The van der Waals surface area contributed by atoms with Crippen LogP contribution >= 0.6 is 23.2 Å². The predicted molar refractivity (Wildman–Crippen MR) is 166 cm³/mol. The minimum Gasteiger partial charge on any atom is -0.373 e. The van der Waals surface area contributed by atoms with Crippen molar-refractivity contribution in [1.82, 2.24) is 19.1 Å². The maximum Gasteiger partial charge on any atom is 0.322 e. The van der Waals surface area contributed by atoms with E-state index in [-0.39, 0.29) is 29.8 Å². The molecular formula is C30H33Cl2N5O6S. The zero-order valence-corrected chi connectivity index (χ0v) is 26.6. The molecule has 3 aromatic rings. The van der Waals surface area contributed by atoms with Crippen LogP contribution in [0.3, 0.4) is 0 Å². The number of nitrogens with one attached hydrogen (secondary N) is 2. The van der Waals surface area contributed by atoms with Crippen molar-refractivity contribution in [1.29, 1.82) is 0 Å². The van der Waals surface area contributed by atoms with Crippen molar-refractivity contribution in [2.75, 3.05) is 19.4 Å². The highest BCUT2D eigenvalue weighted by Gasteiger charge is 2.44. The van der Waals surface area contributed by atoms with Gasteiger partial charge in [0.05, 0.1) is 22.8 Å². The summed E-state index contributed by atoms with van der Waals surface area (Å²) in [7, 11) is -1.26. The molecule has 3 fully saturated rings. The number of amides is 3. The first-order chi connectivity index (χ1) is 21.0. The molecule has 0 radical (unpaired) electrons. The second kappa shape index (κ2) is 12.3. The van der Waals surface area contributed by atoms with Gasteiger partial charge in [-0.25, -0.2) is 9.52 Å². The van der Waals surface area contributed by atoms with Gasteiger partial charge in [-0.15, -0.1) is 0 Å². The SMILES string of the molecule is CN(C)S(=O)(=O)NC(=O)c1ccc(NC(=O)N2C3CC[C@H]2CC(OCc2c(-c4c(Cl)cccc4Cl)noc2C2CC2)C3)cc1. The molecule has 1 aliphatic carbocycles. The summed E-state index contributed by atoms with van der Waals surface area (Å²) in [5.74, 6) is 0.403. The Morgan fingerprint density at radius 1 is 1.02 bits per heavy atom. The van der Waals surface area contributed by atoms with Crippen molar-refractivity contribution < 1.29 is 27.3 Å². The number of hydrogen-bond donors (Lipinski definition) is 2. The minimum absolute atomic E-state index is 0.0305. The largest absolute Gasteiger partial charge is 0.373 e. The van der Waals surface area contributed by atoms with E-state index in [4.69, 9.17) is 32.5 Å². The molecule has 2 bridgehead atoms. The van der Waals surface area contributed by atoms with Crippen molar-refractivity contribution in [3.63, 3.8) is 0 Å². The van der Waals surface area contributed by atoms with E-state index in [1.165, 1.54) is 26.2 Å². The van der Waals surface area contributed by atoms with Crippen LogP contribution in [0.5, 0.6) is 0 Å². The number of hydrogen-bond acceptors (Lipinski definition) is 7. The van der Waals surface area contributed by atoms with Gasteiger partial charge in [0.15, 0.2) is 0 Å². The fourth-order valence-corrected chi connectivity index (χ4v) is 7.12. The quantitative estimate of drug-likeness (QED) is 0.296. The van der Waals surface area contributed by atoms with E-state index < -0.39 is 16.1 Å². The first kappa shape index (κ1) is 30.8. The number of halogens is 2. The predicted octanol–water partition coefficient (Wildman–Crippen LogP) is 5.81. The van der Waals surface area contributed by atoms with Crippen LogP contribution in [-0.2, 0) is 21.6 Å². The lowest BCUT2D eigenvalue weighted by atomic mass is 9.99. The summed E-state index contributed by atoms with van der Waals surface area (Å²) in [5, 5.41) is 8.28. The van der Waals surface area contributed by atoms with Gasteiger partial charge < -0.3 is 19.5 Å². The Bertz CT molecular complexity index is 1640. The summed E-state index contributed by atoms with van der Waals surface area (Å²) in [6.45, 7) is 0.318. The van der Waals surface area contributed by atoms with E-state index in [0.29, 0.717) is 52.4 Å². The molecule has 2 N–H and O–H groups in total. The highest BCUT2D eigenvalue weighted by Crippen LogP contribution is 2.46. The number of piperidine rings is 1. The van der Waals surface area contributed by atoms with Crippen molar-refractivity contribution >= 4 is 51.0 Å². The Hall–Kier alpha value is -3.16. The average molecular weight is 663 g/mol. The number of benzene rings is 2. The number of carbonyl (C=O) groups is 2. The highest BCUT2D eigenvalue weighted by molar-refractivity contribution is 7.87. The number of anilines is 1. The van der Waals surface area contributed by atoms with Crippen LogP contribution in [0.2, 0.25) is 10.0 Å². The molecule has 0 spiro atoms. The molecule has 3 heterocycles. The molecule has 2 aromatic carbocycles. The van der Waals surface area contributed by atoms with Crippen LogP contribution < -0.4 is 10.0 Å². The number of carbonyl (C=O) groups excluding carboxylic acids is 2. The van der Waals surface area contributed by atoms with Gasteiger partial charge in [-0.2, -0.15) is 12.7 Å². The summed E-state index contributed by atoms with van der Waals surface area (Å²) in [6, 6.07) is 11.3. The van der Waals surface area contributed by atoms with E-state index in [1.54, 1.807) is 30.3 Å². The maximum atomic E-state index is 13.3. The van der Waals surface area contributed by atoms with Crippen molar-refractivity contribution in [2.45, 2.75) is 69.2 Å². The van der Waals surface area contributed by atoms with E-state index in [9.17, 15) is 18.0 Å². The van der Waals surface area contributed by atoms with Gasteiger partial charge >= 0.3 is 16.2 Å². The Balaban J connectivity index is 1.08. The average Bonchev–Trinajstić information content (AvgIpc) is 3.68. The molecule has 1 aromatic heterocycles. The third-order valence-corrected chi connectivity index (χ3v) is 10.5. The van der Waals surface area contributed by atoms with Crippen LogP contribution in [0.15, 0.2) is 47.0 Å². The number of nitrogens with zero attached hydrogens (tertiary/aromatic N) is 3. The van der Waals surface area contributed by atoms with E-state index in [0.717, 1.165) is 41.3 Å². The van der Waals surface area contributed by atoms with Crippen LogP contribution in [0.1, 0.15) is 66.1 Å². The molecule has 44 heavy (non-hydrogen) atoms. The molecule has 2 saturated heterocycles. The van der Waals surface area contributed by atoms with Crippen molar-refractivity contribution in [3.05, 3.63) is 69.4 Å². The molecule has 3 atom stereocenters. The molecule has 11 nitrogen and oxygen atoms in total. The first-order valence-corrected chi connectivity index (χ1v) is 16.7. The topological polar surface area (TPSA) is 134 Å². The first-order valence-electron chi connectivity index (χ1n) is 14.5. The van der Waals surface area contributed by atoms with E-state index in [2.05, 4.69) is 10.5 Å². The van der Waals surface area contributed by atoms with Gasteiger partial charge in [0.2, 0.25) is 0 Å². The molecule has 14 heteroatoms. The molecule has 2 aliphatic heterocycles. The van der Waals surface area contributed by atoms with Crippen molar-refractivity contribution in [3.8, 4) is 11.3 Å². The fourth-order valence-electron chi connectivity index (χ4n) is 6.00. The summed E-state index contributed by atoms with van der Waals surface area (Å²) < 4.78 is 39.0. The van der Waals surface area contributed by atoms with Crippen LogP contribution in [0.4, 0.5) is 10.5 Å². The van der Waals surface area contributed by atoms with E-state index in [1.807, 2.05) is 9.62 Å². The number of urea groups is 1. The number of fused-ring (bicyclic) bond motifs is 2. The monoisotopic (exact) mass is 661 g/mol. The number of aromatic nitrogens is 1. The smallest absolute Gasteiger partial charge is 0.322 e. The highest BCUT2D eigenvalue weighted by atomic mass is 35.5. The standard InChI is InChI=1S/C30H33Cl2N5O6S/c1-36(2)44(40,41)35-29(38)18-8-10-19(11-9-18)33-30(39)37-20-12-13-21(37)15-22(14-20)42-16-23-27(34-43-28(23)17-6-7-17)26-24(31)4-3-5-25(26)32/h3-5,8-11,17,20-22H,6-7,12-16H2,1-2H3,(H,33,39)(H,35,38)/t20-,21?,22?/m0/s1. The van der Waals surface area contributed by atoms with Crippen LogP contribution in [0, 0.1) is 0 Å². The van der Waals surface area contributed by atoms with Gasteiger partial charge in [-0.05, 0) is 74.9 Å². The fraction of sp³-hybridized carbons (Fsp3) is 0.433. The van der Waals surface area contributed by atoms with Gasteiger partial charge in [0, 0.05) is 54.5 Å². The number of rotatable bonds is 9. The van der Waals surface area contributed by atoms with E-state index >= 15 is 0 Å². The van der Waals surface area contributed by atoms with Crippen molar-refractivity contribution in [2.24, 2.45) is 0 Å². The summed E-state index contributed by atoms with van der Waals surface area (Å²) >= 11 is 13.0. The molecule has 234 valence electrons. The van der Waals surface area contributed by atoms with Crippen LogP contribution in [0.25, 0.3) is 11.3 Å². The second-order valence-corrected chi connectivity index (χ2v) is 14.4. The Morgan fingerprint density at radius 3 is 2.25 bits per heavy atom. The summed E-state index contributed by atoms with van der Waals surface area (Å²) in [5.41, 5.74) is 2.80. The zero-order chi connectivity index (χ0) is 31.2. The molecule has 3 aliphatic rings.